The van der Waals surface area contributed by atoms with Crippen molar-refractivity contribution in [2.24, 2.45) is 23.5 Å². The van der Waals surface area contributed by atoms with Crippen molar-refractivity contribution in [3.63, 3.8) is 0 Å². The molecule has 0 fully saturated rings. The monoisotopic (exact) mass is 226 g/mol. The third-order valence-electron chi connectivity index (χ3n) is 2.75. The molecule has 96 valence electrons. The van der Waals surface area contributed by atoms with E-state index in [9.17, 15) is 0 Å². The third-order valence-corrected chi connectivity index (χ3v) is 2.75. The van der Waals surface area contributed by atoms with Gasteiger partial charge < -0.3 is 11.1 Å². The smallest absolute Gasteiger partial charge is 0.0885 e. The molecule has 0 radical (unpaired) electrons. The molecule has 0 rings (SSSR count). The van der Waals surface area contributed by atoms with E-state index in [-0.39, 0.29) is 0 Å². The molecular formula is C14H30N2. The lowest BCUT2D eigenvalue weighted by Gasteiger charge is -2.21. The molecule has 0 aromatic carbocycles. The molecule has 0 aliphatic heterocycles. The second-order valence-electron chi connectivity index (χ2n) is 5.72. The van der Waals surface area contributed by atoms with Crippen LogP contribution in [0.5, 0.6) is 0 Å². The van der Waals surface area contributed by atoms with Crippen LogP contribution in [0, 0.1) is 17.8 Å². The Kier molecular flexibility index (Phi) is 8.14. The SMILES string of the molecule is C=C(N)NCCCC(CC(C)C)CC(C)C. The largest absolute Gasteiger partial charge is 0.386 e. The fraction of sp³-hybridized carbons (Fsp3) is 0.857. The molecule has 0 saturated heterocycles. The van der Waals surface area contributed by atoms with E-state index in [1.54, 1.807) is 0 Å². The van der Waals surface area contributed by atoms with Gasteiger partial charge >= 0.3 is 0 Å². The van der Waals surface area contributed by atoms with Crippen molar-refractivity contribution >= 4 is 0 Å². The quantitative estimate of drug-likeness (QED) is 0.591. The standard InChI is InChI=1S/C14H30N2/c1-11(2)9-14(10-12(3)4)7-6-8-16-13(5)15/h11-12,14,16H,5-10,15H2,1-4H3. The van der Waals surface area contributed by atoms with E-state index in [0.717, 1.165) is 24.3 Å². The van der Waals surface area contributed by atoms with Gasteiger partial charge in [-0.1, -0.05) is 34.3 Å². The first-order valence-electron chi connectivity index (χ1n) is 6.60. The zero-order valence-corrected chi connectivity index (χ0v) is 11.6. The molecule has 0 bridgehead atoms. The first-order valence-corrected chi connectivity index (χ1v) is 6.60. The summed E-state index contributed by atoms with van der Waals surface area (Å²) in [5.74, 6) is 3.07. The van der Waals surface area contributed by atoms with Gasteiger partial charge in [-0.15, -0.1) is 0 Å². The van der Waals surface area contributed by atoms with Crippen molar-refractivity contribution in [3.8, 4) is 0 Å². The minimum Gasteiger partial charge on any atom is -0.386 e. The Morgan fingerprint density at radius 1 is 1.12 bits per heavy atom. The van der Waals surface area contributed by atoms with Gasteiger partial charge in [-0.2, -0.15) is 0 Å². The molecule has 0 aliphatic carbocycles. The van der Waals surface area contributed by atoms with Crippen LogP contribution in [0.3, 0.4) is 0 Å². The summed E-state index contributed by atoms with van der Waals surface area (Å²) < 4.78 is 0. The topological polar surface area (TPSA) is 38.0 Å². The summed E-state index contributed by atoms with van der Waals surface area (Å²) in [6.45, 7) is 13.8. The van der Waals surface area contributed by atoms with Crippen LogP contribution < -0.4 is 11.1 Å². The first-order chi connectivity index (χ1) is 7.41. The Morgan fingerprint density at radius 3 is 2.00 bits per heavy atom. The van der Waals surface area contributed by atoms with E-state index < -0.39 is 0 Å². The van der Waals surface area contributed by atoms with E-state index in [2.05, 4.69) is 39.6 Å². The maximum absolute atomic E-state index is 5.47. The Bertz CT molecular complexity index is 175. The molecule has 0 aromatic heterocycles. The van der Waals surface area contributed by atoms with Crippen molar-refractivity contribution in [3.05, 3.63) is 12.4 Å². The number of hydrogen-bond acceptors (Lipinski definition) is 2. The molecular weight excluding hydrogens is 196 g/mol. The summed E-state index contributed by atoms with van der Waals surface area (Å²) in [6.07, 6.45) is 5.19. The number of rotatable bonds is 9. The summed E-state index contributed by atoms with van der Waals surface area (Å²) in [6, 6.07) is 0. The first kappa shape index (κ1) is 15.3. The second-order valence-corrected chi connectivity index (χ2v) is 5.72. The third kappa shape index (κ3) is 9.88. The summed E-state index contributed by atoms with van der Waals surface area (Å²) >= 11 is 0. The maximum Gasteiger partial charge on any atom is 0.0885 e. The molecule has 3 N–H and O–H groups in total. The van der Waals surface area contributed by atoms with Gasteiger partial charge in [0, 0.05) is 6.54 Å². The molecule has 0 saturated carbocycles. The van der Waals surface area contributed by atoms with Crippen LogP contribution >= 0.6 is 0 Å². The van der Waals surface area contributed by atoms with E-state index in [0.29, 0.717) is 5.82 Å². The zero-order chi connectivity index (χ0) is 12.6. The van der Waals surface area contributed by atoms with Gasteiger partial charge in [0.25, 0.3) is 0 Å². The predicted octanol–water partition coefficient (Wildman–Crippen LogP) is 3.49. The van der Waals surface area contributed by atoms with Crippen molar-refractivity contribution < 1.29 is 0 Å². The van der Waals surface area contributed by atoms with Crippen LogP contribution in [-0.2, 0) is 0 Å². The van der Waals surface area contributed by atoms with Crippen molar-refractivity contribution in [1.82, 2.24) is 5.32 Å². The average molecular weight is 226 g/mol. The molecule has 16 heavy (non-hydrogen) atoms. The van der Waals surface area contributed by atoms with E-state index in [4.69, 9.17) is 5.73 Å². The molecule has 0 heterocycles. The van der Waals surface area contributed by atoms with Crippen molar-refractivity contribution in [2.75, 3.05) is 6.54 Å². The highest BCUT2D eigenvalue weighted by Crippen LogP contribution is 2.24. The lowest BCUT2D eigenvalue weighted by molar-refractivity contribution is 0.318. The Hall–Kier alpha value is -0.660. The van der Waals surface area contributed by atoms with Gasteiger partial charge in [-0.05, 0) is 43.4 Å². The number of hydrogen-bond donors (Lipinski definition) is 2. The highest BCUT2D eigenvalue weighted by molar-refractivity contribution is 4.81. The lowest BCUT2D eigenvalue weighted by Crippen LogP contribution is -2.20. The molecule has 0 atom stereocenters. The van der Waals surface area contributed by atoms with Crippen molar-refractivity contribution in [1.29, 1.82) is 0 Å². The van der Waals surface area contributed by atoms with Gasteiger partial charge in [-0.3, -0.25) is 0 Å². The average Bonchev–Trinajstić information content (AvgIpc) is 2.09. The lowest BCUT2D eigenvalue weighted by atomic mass is 9.86. The van der Waals surface area contributed by atoms with E-state index >= 15 is 0 Å². The van der Waals surface area contributed by atoms with Gasteiger partial charge in [0.1, 0.15) is 0 Å². The Labute approximate surface area is 102 Å². The Morgan fingerprint density at radius 2 is 1.62 bits per heavy atom. The highest BCUT2D eigenvalue weighted by Gasteiger charge is 2.12. The second kappa shape index (κ2) is 8.49. The molecule has 0 spiro atoms. The molecule has 0 aromatic rings. The maximum atomic E-state index is 5.47. The Balaban J connectivity index is 3.77. The molecule has 0 unspecified atom stereocenters. The normalized spacial score (nSPS) is 11.4. The molecule has 0 amide bonds. The number of nitrogens with two attached hydrogens (primary N) is 1. The van der Waals surface area contributed by atoms with E-state index in [1.807, 2.05) is 0 Å². The molecule has 2 nitrogen and oxygen atoms in total. The predicted molar refractivity (Wildman–Crippen MR) is 73.0 cm³/mol. The summed E-state index contributed by atoms with van der Waals surface area (Å²) in [5, 5.41) is 3.09. The van der Waals surface area contributed by atoms with E-state index in [1.165, 1.54) is 25.7 Å². The minimum atomic E-state index is 0.587. The summed E-state index contributed by atoms with van der Waals surface area (Å²) in [4.78, 5) is 0. The van der Waals surface area contributed by atoms with Gasteiger partial charge in [0.05, 0.1) is 5.82 Å². The van der Waals surface area contributed by atoms with Crippen LogP contribution in [0.2, 0.25) is 0 Å². The highest BCUT2D eigenvalue weighted by atomic mass is 15.0. The fourth-order valence-electron chi connectivity index (χ4n) is 2.30. The zero-order valence-electron chi connectivity index (χ0n) is 11.6. The van der Waals surface area contributed by atoms with Crippen LogP contribution in [0.25, 0.3) is 0 Å². The van der Waals surface area contributed by atoms with Gasteiger partial charge in [0.2, 0.25) is 0 Å². The van der Waals surface area contributed by atoms with Gasteiger partial charge in [0.15, 0.2) is 0 Å². The van der Waals surface area contributed by atoms with Crippen LogP contribution in [0.1, 0.15) is 53.4 Å². The minimum absolute atomic E-state index is 0.587. The summed E-state index contributed by atoms with van der Waals surface area (Å²) in [5.41, 5.74) is 5.47. The molecule has 0 aliphatic rings. The summed E-state index contributed by atoms with van der Waals surface area (Å²) in [7, 11) is 0. The van der Waals surface area contributed by atoms with Crippen LogP contribution in [-0.4, -0.2) is 6.54 Å². The van der Waals surface area contributed by atoms with Crippen LogP contribution in [0.15, 0.2) is 12.4 Å². The number of nitrogens with one attached hydrogen (secondary N) is 1. The fourth-order valence-corrected chi connectivity index (χ4v) is 2.30. The van der Waals surface area contributed by atoms with Gasteiger partial charge in [-0.25, -0.2) is 0 Å². The van der Waals surface area contributed by atoms with Crippen molar-refractivity contribution in [2.45, 2.75) is 53.4 Å². The van der Waals surface area contributed by atoms with Crippen LogP contribution in [0.4, 0.5) is 0 Å². The molecule has 2 heteroatoms.